The van der Waals surface area contributed by atoms with Crippen LogP contribution < -0.4 is 10.6 Å². The van der Waals surface area contributed by atoms with E-state index in [-0.39, 0.29) is 18.0 Å². The average Bonchev–Trinajstić information content (AvgIpc) is 2.86. The number of likely N-dealkylation sites (tertiary alicyclic amines) is 1. The van der Waals surface area contributed by atoms with Crippen molar-refractivity contribution >= 4 is 5.91 Å². The fraction of sp³-hybridized carbons (Fsp3) is 0.714. The smallest absolute Gasteiger partial charge is 0.242 e. The van der Waals surface area contributed by atoms with E-state index in [2.05, 4.69) is 27.6 Å². The number of nitrogens with zero attached hydrogens (tertiary/aromatic N) is 3. The topological polar surface area (TPSA) is 62.2 Å². The zero-order valence-electron chi connectivity index (χ0n) is 12.6. The van der Waals surface area contributed by atoms with Gasteiger partial charge in [0.15, 0.2) is 0 Å². The monoisotopic (exact) mass is 279 g/mol. The van der Waals surface area contributed by atoms with E-state index in [0.717, 1.165) is 38.0 Å². The van der Waals surface area contributed by atoms with Gasteiger partial charge in [0.2, 0.25) is 5.91 Å². The second-order valence-corrected chi connectivity index (χ2v) is 5.41. The highest BCUT2D eigenvalue weighted by molar-refractivity contribution is 5.83. The van der Waals surface area contributed by atoms with E-state index < -0.39 is 0 Å². The number of carbonyl (C=O) groups excluding carboxylic acids is 1. The first-order valence-corrected chi connectivity index (χ1v) is 7.32. The van der Waals surface area contributed by atoms with Crippen LogP contribution in [0.1, 0.15) is 31.4 Å². The summed E-state index contributed by atoms with van der Waals surface area (Å²) in [7, 11) is 3.66. The van der Waals surface area contributed by atoms with E-state index in [1.165, 1.54) is 0 Å². The van der Waals surface area contributed by atoms with Gasteiger partial charge in [-0.2, -0.15) is 5.10 Å². The summed E-state index contributed by atoms with van der Waals surface area (Å²) < 4.78 is 1.71. The second kappa shape index (κ2) is 6.85. The minimum absolute atomic E-state index is 0.0310. The van der Waals surface area contributed by atoms with Crippen LogP contribution in [0.25, 0.3) is 0 Å². The molecular weight excluding hydrogens is 254 g/mol. The number of aryl methyl sites for hydroxylation is 1. The normalized spacial score (nSPS) is 21.6. The van der Waals surface area contributed by atoms with Gasteiger partial charge < -0.3 is 15.5 Å². The van der Waals surface area contributed by atoms with Crippen molar-refractivity contribution in [3.63, 3.8) is 0 Å². The summed E-state index contributed by atoms with van der Waals surface area (Å²) in [5.74, 6) is 0.0310. The van der Waals surface area contributed by atoms with Crippen molar-refractivity contribution in [3.8, 4) is 0 Å². The minimum Gasteiger partial charge on any atom is -0.350 e. The van der Waals surface area contributed by atoms with Crippen LogP contribution in [0.4, 0.5) is 0 Å². The first-order valence-electron chi connectivity index (χ1n) is 7.32. The number of hydrogen-bond acceptors (Lipinski definition) is 4. The standard InChI is InChI=1S/C14H25N5O/c1-4-19-7-5-6-12(10-19)17-14(20)13(15-2)11-8-16-18(3)9-11/h8-9,12-13,15H,4-7,10H2,1-3H3,(H,17,20). The number of hydrogen-bond donors (Lipinski definition) is 2. The molecule has 1 aromatic rings. The Labute approximate surface area is 120 Å². The molecule has 1 aromatic heterocycles. The molecule has 0 saturated carbocycles. The summed E-state index contributed by atoms with van der Waals surface area (Å²) in [6, 6.07) is -0.0792. The summed E-state index contributed by atoms with van der Waals surface area (Å²) in [6.45, 7) is 5.30. The SMILES string of the molecule is CCN1CCCC(NC(=O)C(NC)c2cnn(C)c2)C1. The second-order valence-electron chi connectivity index (χ2n) is 5.41. The van der Waals surface area contributed by atoms with Gasteiger partial charge in [0.1, 0.15) is 6.04 Å². The molecule has 2 heterocycles. The third-order valence-corrected chi connectivity index (χ3v) is 3.91. The lowest BCUT2D eigenvalue weighted by atomic mass is 10.0. The van der Waals surface area contributed by atoms with Crippen molar-refractivity contribution in [1.82, 2.24) is 25.3 Å². The molecule has 1 fully saturated rings. The number of amides is 1. The van der Waals surface area contributed by atoms with Crippen molar-refractivity contribution in [1.29, 1.82) is 0 Å². The Morgan fingerprint density at radius 3 is 3.00 bits per heavy atom. The van der Waals surface area contributed by atoms with Crippen LogP contribution >= 0.6 is 0 Å². The molecule has 6 heteroatoms. The lowest BCUT2D eigenvalue weighted by Gasteiger charge is -2.33. The molecule has 1 aliphatic heterocycles. The molecule has 0 radical (unpaired) electrons. The Kier molecular flexibility index (Phi) is 5.14. The summed E-state index contributed by atoms with van der Waals surface area (Å²) in [4.78, 5) is 14.8. The largest absolute Gasteiger partial charge is 0.350 e. The minimum atomic E-state index is -0.333. The zero-order chi connectivity index (χ0) is 14.5. The van der Waals surface area contributed by atoms with E-state index in [0.29, 0.717) is 0 Å². The molecule has 2 unspecified atom stereocenters. The number of carbonyl (C=O) groups is 1. The van der Waals surface area contributed by atoms with Crippen LogP contribution in [0.15, 0.2) is 12.4 Å². The van der Waals surface area contributed by atoms with Gasteiger partial charge in [0, 0.05) is 31.4 Å². The molecule has 2 atom stereocenters. The molecule has 1 amide bonds. The summed E-state index contributed by atoms with van der Waals surface area (Å²) in [5, 5.41) is 10.4. The van der Waals surface area contributed by atoms with E-state index in [9.17, 15) is 4.79 Å². The van der Waals surface area contributed by atoms with Gasteiger partial charge >= 0.3 is 0 Å². The van der Waals surface area contributed by atoms with Crippen LogP contribution in [-0.2, 0) is 11.8 Å². The number of rotatable bonds is 5. The Balaban J connectivity index is 1.95. The molecule has 0 spiro atoms. The summed E-state index contributed by atoms with van der Waals surface area (Å²) >= 11 is 0. The van der Waals surface area contributed by atoms with Crippen molar-refractivity contribution < 1.29 is 4.79 Å². The highest BCUT2D eigenvalue weighted by Gasteiger charge is 2.25. The van der Waals surface area contributed by atoms with Crippen LogP contribution in [0.3, 0.4) is 0 Å². The highest BCUT2D eigenvalue weighted by atomic mass is 16.2. The number of piperidine rings is 1. The van der Waals surface area contributed by atoms with E-state index in [4.69, 9.17) is 0 Å². The van der Waals surface area contributed by atoms with Gasteiger partial charge in [-0.15, -0.1) is 0 Å². The van der Waals surface area contributed by atoms with E-state index in [1.54, 1.807) is 17.9 Å². The molecule has 2 N–H and O–H groups in total. The van der Waals surface area contributed by atoms with Crippen LogP contribution in [-0.4, -0.2) is 53.3 Å². The van der Waals surface area contributed by atoms with Crippen LogP contribution in [0.2, 0.25) is 0 Å². The van der Waals surface area contributed by atoms with Gasteiger partial charge in [0.05, 0.1) is 6.20 Å². The van der Waals surface area contributed by atoms with Gasteiger partial charge in [-0.25, -0.2) is 0 Å². The average molecular weight is 279 g/mol. The predicted octanol–water partition coefficient (Wildman–Crippen LogP) is 0.281. The third-order valence-electron chi connectivity index (χ3n) is 3.91. The number of likely N-dealkylation sites (N-methyl/N-ethyl adjacent to an activating group) is 2. The Bertz CT molecular complexity index is 445. The molecule has 1 aliphatic rings. The maximum Gasteiger partial charge on any atom is 0.242 e. The molecular formula is C14H25N5O. The lowest BCUT2D eigenvalue weighted by molar-refractivity contribution is -0.124. The third kappa shape index (κ3) is 3.58. The van der Waals surface area contributed by atoms with Gasteiger partial charge in [-0.05, 0) is 33.0 Å². The van der Waals surface area contributed by atoms with Gasteiger partial charge in [-0.1, -0.05) is 6.92 Å². The number of aromatic nitrogens is 2. The van der Waals surface area contributed by atoms with Crippen molar-refractivity contribution in [2.45, 2.75) is 31.8 Å². The number of nitrogens with one attached hydrogen (secondary N) is 2. The van der Waals surface area contributed by atoms with Crippen molar-refractivity contribution in [3.05, 3.63) is 18.0 Å². The maximum absolute atomic E-state index is 12.4. The Morgan fingerprint density at radius 2 is 2.40 bits per heavy atom. The van der Waals surface area contributed by atoms with Crippen molar-refractivity contribution in [2.24, 2.45) is 7.05 Å². The fourth-order valence-corrected chi connectivity index (χ4v) is 2.78. The molecule has 20 heavy (non-hydrogen) atoms. The molecule has 6 nitrogen and oxygen atoms in total. The maximum atomic E-state index is 12.4. The van der Waals surface area contributed by atoms with Crippen LogP contribution in [0.5, 0.6) is 0 Å². The van der Waals surface area contributed by atoms with E-state index in [1.807, 2.05) is 13.2 Å². The van der Waals surface area contributed by atoms with E-state index >= 15 is 0 Å². The molecule has 0 aliphatic carbocycles. The first kappa shape index (κ1) is 15.0. The quantitative estimate of drug-likeness (QED) is 0.813. The Morgan fingerprint density at radius 1 is 1.60 bits per heavy atom. The fourth-order valence-electron chi connectivity index (χ4n) is 2.78. The molecule has 0 aromatic carbocycles. The molecule has 1 saturated heterocycles. The lowest BCUT2D eigenvalue weighted by Crippen LogP contribution is -2.50. The van der Waals surface area contributed by atoms with Gasteiger partial charge in [0.25, 0.3) is 0 Å². The highest BCUT2D eigenvalue weighted by Crippen LogP contribution is 2.14. The Hall–Kier alpha value is -1.40. The summed E-state index contributed by atoms with van der Waals surface area (Å²) in [6.07, 6.45) is 5.82. The van der Waals surface area contributed by atoms with Gasteiger partial charge in [-0.3, -0.25) is 9.48 Å². The predicted molar refractivity (Wildman–Crippen MR) is 78.3 cm³/mol. The summed E-state index contributed by atoms with van der Waals surface area (Å²) in [5.41, 5.74) is 0.899. The van der Waals surface area contributed by atoms with Crippen molar-refractivity contribution in [2.75, 3.05) is 26.7 Å². The molecule has 112 valence electrons. The zero-order valence-corrected chi connectivity index (χ0v) is 12.6. The first-order chi connectivity index (χ1) is 9.63. The molecule has 0 bridgehead atoms. The molecule has 2 rings (SSSR count). The van der Waals surface area contributed by atoms with Crippen LogP contribution in [0, 0.1) is 0 Å².